The first-order chi connectivity index (χ1) is 17.9. The first kappa shape index (κ1) is 24.4. The number of nitrogens with zero attached hydrogens (tertiary/aromatic N) is 4. The summed E-state index contributed by atoms with van der Waals surface area (Å²) < 4.78 is 25.0. The fourth-order valence-electron chi connectivity index (χ4n) is 4.32. The van der Waals surface area contributed by atoms with Gasteiger partial charge in [-0.2, -0.15) is 10.1 Å². The fourth-order valence-corrected chi connectivity index (χ4v) is 4.32. The van der Waals surface area contributed by atoms with Gasteiger partial charge in [-0.3, -0.25) is 0 Å². The minimum absolute atomic E-state index is 0.221. The van der Waals surface area contributed by atoms with Gasteiger partial charge in [-0.25, -0.2) is 9.67 Å². The van der Waals surface area contributed by atoms with E-state index in [0.29, 0.717) is 41.3 Å². The van der Waals surface area contributed by atoms with Gasteiger partial charge in [0.25, 0.3) is 0 Å². The predicted molar refractivity (Wildman–Crippen MR) is 142 cm³/mol. The number of benzene rings is 2. The zero-order valence-electron chi connectivity index (χ0n) is 22.0. The van der Waals surface area contributed by atoms with E-state index in [9.17, 15) is 0 Å². The van der Waals surface area contributed by atoms with Gasteiger partial charge in [0.1, 0.15) is 18.1 Å². The van der Waals surface area contributed by atoms with E-state index < -0.39 is 0 Å². The lowest BCUT2D eigenvalue weighted by atomic mass is 10.1. The van der Waals surface area contributed by atoms with Gasteiger partial charge in [0.05, 0.1) is 25.1 Å². The van der Waals surface area contributed by atoms with Crippen LogP contribution in [-0.2, 0) is 6.61 Å². The smallest absolute Gasteiger partial charge is 0.226 e. The average Bonchev–Trinajstić information content (AvgIpc) is 3.43. The van der Waals surface area contributed by atoms with Gasteiger partial charge in [-0.15, -0.1) is 0 Å². The molecule has 0 radical (unpaired) electrons. The summed E-state index contributed by atoms with van der Waals surface area (Å²) in [6.45, 7) is 10.7. The lowest BCUT2D eigenvalue weighted by molar-refractivity contribution is 0.288. The second-order valence-electron chi connectivity index (χ2n) is 8.92. The summed E-state index contributed by atoms with van der Waals surface area (Å²) in [5.41, 5.74) is 6.37. The molecule has 0 atom stereocenters. The Morgan fingerprint density at radius 3 is 2.41 bits per heavy atom. The van der Waals surface area contributed by atoms with Gasteiger partial charge in [-0.05, 0) is 70.5 Å². The molecule has 0 bridgehead atoms. The summed E-state index contributed by atoms with van der Waals surface area (Å²) in [7, 11) is 1.61. The summed E-state index contributed by atoms with van der Waals surface area (Å²) in [5, 5.41) is 5.77. The second kappa shape index (κ2) is 9.97. The highest BCUT2D eigenvalue weighted by molar-refractivity contribution is 5.84. The minimum Gasteiger partial charge on any atom is -0.493 e. The third kappa shape index (κ3) is 4.74. The minimum atomic E-state index is 0.221. The number of aryl methyl sites for hydroxylation is 4. The third-order valence-corrected chi connectivity index (χ3v) is 6.22. The molecule has 190 valence electrons. The van der Waals surface area contributed by atoms with E-state index in [0.717, 1.165) is 33.5 Å². The SMILES string of the molecule is CCOc1ccc(-c2nc(COc3cc(C)c4c(C)nn(-c5ccc(C)cc5)c4n3)c(C)o2)cc1OC. The Morgan fingerprint density at radius 2 is 1.68 bits per heavy atom. The van der Waals surface area contributed by atoms with Crippen LogP contribution in [0.3, 0.4) is 0 Å². The number of pyridine rings is 1. The Kier molecular flexibility index (Phi) is 6.56. The molecule has 0 unspecified atom stereocenters. The summed E-state index contributed by atoms with van der Waals surface area (Å²) in [5.74, 6) is 2.98. The van der Waals surface area contributed by atoms with E-state index in [1.54, 1.807) is 7.11 Å². The maximum absolute atomic E-state index is 6.11. The van der Waals surface area contributed by atoms with Crippen LogP contribution in [0.1, 0.15) is 35.2 Å². The lowest BCUT2D eigenvalue weighted by Gasteiger charge is -2.09. The zero-order chi connectivity index (χ0) is 26.1. The van der Waals surface area contributed by atoms with Gasteiger partial charge >= 0.3 is 0 Å². The van der Waals surface area contributed by atoms with Crippen molar-refractivity contribution in [3.8, 4) is 34.5 Å². The summed E-state index contributed by atoms with van der Waals surface area (Å²) >= 11 is 0. The maximum Gasteiger partial charge on any atom is 0.226 e. The summed E-state index contributed by atoms with van der Waals surface area (Å²) in [6.07, 6.45) is 0. The summed E-state index contributed by atoms with van der Waals surface area (Å²) in [6, 6.07) is 15.8. The monoisotopic (exact) mass is 498 g/mol. The van der Waals surface area contributed by atoms with Crippen molar-refractivity contribution in [2.45, 2.75) is 41.2 Å². The molecule has 0 saturated heterocycles. The molecule has 8 heteroatoms. The van der Waals surface area contributed by atoms with Crippen LogP contribution in [0.25, 0.3) is 28.2 Å². The van der Waals surface area contributed by atoms with Crippen molar-refractivity contribution >= 4 is 11.0 Å². The molecule has 0 aliphatic carbocycles. The molecule has 5 rings (SSSR count). The normalized spacial score (nSPS) is 11.2. The van der Waals surface area contributed by atoms with Crippen LogP contribution in [0.2, 0.25) is 0 Å². The standard InChI is InChI=1S/C29H30N4O4/c1-7-35-24-13-10-21(15-25(24)34-6)29-30-23(20(5)37-29)16-36-26-14-18(3)27-19(4)32-33(28(27)31-26)22-11-8-17(2)9-12-22/h8-15H,7,16H2,1-6H3. The highest BCUT2D eigenvalue weighted by atomic mass is 16.5. The zero-order valence-corrected chi connectivity index (χ0v) is 22.0. The van der Waals surface area contributed by atoms with Crippen molar-refractivity contribution in [2.75, 3.05) is 13.7 Å². The summed E-state index contributed by atoms with van der Waals surface area (Å²) in [4.78, 5) is 9.48. The highest BCUT2D eigenvalue weighted by Gasteiger charge is 2.17. The van der Waals surface area contributed by atoms with Crippen molar-refractivity contribution in [3.63, 3.8) is 0 Å². The van der Waals surface area contributed by atoms with Crippen LogP contribution in [0.5, 0.6) is 17.4 Å². The first-order valence-corrected chi connectivity index (χ1v) is 12.2. The molecule has 3 aromatic heterocycles. The Labute approximate surface area is 215 Å². The molecule has 3 heterocycles. The van der Waals surface area contributed by atoms with E-state index in [1.165, 1.54) is 5.56 Å². The van der Waals surface area contributed by atoms with Gasteiger partial charge < -0.3 is 18.6 Å². The largest absolute Gasteiger partial charge is 0.493 e. The first-order valence-electron chi connectivity index (χ1n) is 12.2. The third-order valence-electron chi connectivity index (χ3n) is 6.22. The van der Waals surface area contributed by atoms with E-state index in [2.05, 4.69) is 24.0 Å². The quantitative estimate of drug-likeness (QED) is 0.248. The van der Waals surface area contributed by atoms with Crippen LogP contribution >= 0.6 is 0 Å². The molecule has 0 spiro atoms. The van der Waals surface area contributed by atoms with Crippen molar-refractivity contribution in [1.82, 2.24) is 19.7 Å². The van der Waals surface area contributed by atoms with Crippen LogP contribution in [0.4, 0.5) is 0 Å². The molecule has 8 nitrogen and oxygen atoms in total. The number of methoxy groups -OCH3 is 1. The number of rotatable bonds is 8. The van der Waals surface area contributed by atoms with Gasteiger partial charge in [0, 0.05) is 17.0 Å². The Balaban J connectivity index is 1.41. The molecule has 0 amide bonds. The van der Waals surface area contributed by atoms with Gasteiger partial charge in [0.2, 0.25) is 11.8 Å². The molecule has 0 N–H and O–H groups in total. The van der Waals surface area contributed by atoms with Gasteiger partial charge in [-0.1, -0.05) is 17.7 Å². The number of aromatic nitrogens is 4. The molecule has 0 aliphatic heterocycles. The molecular weight excluding hydrogens is 468 g/mol. The molecule has 0 saturated carbocycles. The predicted octanol–water partition coefficient (Wildman–Crippen LogP) is 6.30. The highest BCUT2D eigenvalue weighted by Crippen LogP contribution is 2.33. The number of oxazole rings is 1. The Morgan fingerprint density at radius 1 is 0.892 bits per heavy atom. The number of ether oxygens (including phenoxy) is 3. The Bertz CT molecular complexity index is 1570. The van der Waals surface area contributed by atoms with Crippen molar-refractivity contribution in [1.29, 1.82) is 0 Å². The van der Waals surface area contributed by atoms with E-state index in [4.69, 9.17) is 28.7 Å². The van der Waals surface area contributed by atoms with Gasteiger partial charge in [0.15, 0.2) is 17.1 Å². The van der Waals surface area contributed by atoms with E-state index >= 15 is 0 Å². The molecule has 0 aliphatic rings. The van der Waals surface area contributed by atoms with Crippen LogP contribution in [-0.4, -0.2) is 33.5 Å². The van der Waals surface area contributed by atoms with Crippen molar-refractivity contribution in [2.24, 2.45) is 0 Å². The number of fused-ring (bicyclic) bond motifs is 1. The van der Waals surface area contributed by atoms with Crippen LogP contribution < -0.4 is 14.2 Å². The molecule has 5 aromatic rings. The van der Waals surface area contributed by atoms with Crippen LogP contribution in [0, 0.1) is 27.7 Å². The molecular formula is C29H30N4O4. The lowest BCUT2D eigenvalue weighted by Crippen LogP contribution is -2.02. The van der Waals surface area contributed by atoms with E-state index in [1.807, 2.05) is 68.8 Å². The average molecular weight is 499 g/mol. The molecule has 2 aromatic carbocycles. The van der Waals surface area contributed by atoms with Crippen molar-refractivity contribution < 1.29 is 18.6 Å². The molecule has 37 heavy (non-hydrogen) atoms. The fraction of sp³-hybridized carbons (Fsp3) is 0.276. The topological polar surface area (TPSA) is 84.4 Å². The second-order valence-corrected chi connectivity index (χ2v) is 8.92. The molecule has 0 fully saturated rings. The number of hydrogen-bond donors (Lipinski definition) is 0. The maximum atomic E-state index is 6.11. The number of hydrogen-bond acceptors (Lipinski definition) is 7. The Hall–Kier alpha value is -4.33. The van der Waals surface area contributed by atoms with E-state index in [-0.39, 0.29) is 6.61 Å². The van der Waals surface area contributed by atoms with Crippen molar-refractivity contribution in [3.05, 3.63) is 76.8 Å². The van der Waals surface area contributed by atoms with Crippen LogP contribution in [0.15, 0.2) is 52.9 Å².